The minimum Gasteiger partial charge on any atom is -0.481 e. The highest BCUT2D eigenvalue weighted by Crippen LogP contribution is 2.24. The van der Waals surface area contributed by atoms with Crippen LogP contribution in [0.4, 0.5) is 0 Å². The van der Waals surface area contributed by atoms with Crippen LogP contribution >= 0.6 is 0 Å². The van der Waals surface area contributed by atoms with Crippen molar-refractivity contribution in [2.75, 3.05) is 0 Å². The molecule has 0 fully saturated rings. The lowest BCUT2D eigenvalue weighted by atomic mass is 9.98. The van der Waals surface area contributed by atoms with Gasteiger partial charge >= 0.3 is 0 Å². The Kier molecular flexibility index (Phi) is 6.32. The molecule has 2 N–H and O–H groups in total. The first-order chi connectivity index (χ1) is 13.8. The van der Waals surface area contributed by atoms with Gasteiger partial charge in [-0.05, 0) is 55.5 Å². The SMILES string of the molecule is Cc1nc(C(NC(=O)C(C)Oc2ccc(C(C)C)c(C)c2)c2ccccc2)n[nH]1. The largest absolute Gasteiger partial charge is 0.481 e. The third-order valence-electron chi connectivity index (χ3n) is 4.84. The quantitative estimate of drug-likeness (QED) is 0.631. The molecule has 29 heavy (non-hydrogen) atoms. The standard InChI is InChI=1S/C23H28N4O2/c1-14(2)20-12-11-19(13-15(20)3)29-16(4)23(28)25-21(18-9-7-6-8-10-18)22-24-17(5)26-27-22/h6-14,16,21H,1-5H3,(H,25,28)(H,24,26,27). The molecule has 6 heteroatoms. The summed E-state index contributed by atoms with van der Waals surface area (Å²) in [6, 6.07) is 15.2. The molecule has 3 aromatic rings. The number of rotatable bonds is 7. The molecule has 2 atom stereocenters. The number of hydrogen-bond acceptors (Lipinski definition) is 4. The van der Waals surface area contributed by atoms with Crippen molar-refractivity contribution in [3.05, 3.63) is 76.9 Å². The highest BCUT2D eigenvalue weighted by Gasteiger charge is 2.24. The molecule has 0 spiro atoms. The van der Waals surface area contributed by atoms with Crippen LogP contribution in [-0.2, 0) is 4.79 Å². The van der Waals surface area contributed by atoms with Crippen molar-refractivity contribution < 1.29 is 9.53 Å². The van der Waals surface area contributed by atoms with Crippen LogP contribution in [0.25, 0.3) is 0 Å². The zero-order valence-corrected chi connectivity index (χ0v) is 17.6. The van der Waals surface area contributed by atoms with E-state index in [0.29, 0.717) is 23.3 Å². The highest BCUT2D eigenvalue weighted by atomic mass is 16.5. The van der Waals surface area contributed by atoms with Gasteiger partial charge in [0.2, 0.25) is 0 Å². The third kappa shape index (κ3) is 5.02. The fourth-order valence-corrected chi connectivity index (χ4v) is 3.32. The van der Waals surface area contributed by atoms with Gasteiger partial charge in [-0.25, -0.2) is 4.98 Å². The van der Waals surface area contributed by atoms with Gasteiger partial charge in [-0.15, -0.1) is 0 Å². The Bertz CT molecular complexity index is 966. The smallest absolute Gasteiger partial charge is 0.261 e. The number of carbonyl (C=O) groups is 1. The van der Waals surface area contributed by atoms with Crippen LogP contribution in [0.5, 0.6) is 5.75 Å². The van der Waals surface area contributed by atoms with Crippen molar-refractivity contribution in [3.8, 4) is 5.75 Å². The molecule has 0 aliphatic rings. The van der Waals surface area contributed by atoms with Gasteiger partial charge in [-0.1, -0.05) is 50.2 Å². The van der Waals surface area contributed by atoms with Crippen molar-refractivity contribution in [3.63, 3.8) is 0 Å². The molecular weight excluding hydrogens is 364 g/mol. The number of hydrogen-bond donors (Lipinski definition) is 2. The van der Waals surface area contributed by atoms with E-state index in [-0.39, 0.29) is 5.91 Å². The maximum atomic E-state index is 12.9. The fourth-order valence-electron chi connectivity index (χ4n) is 3.32. The Balaban J connectivity index is 1.75. The highest BCUT2D eigenvalue weighted by molar-refractivity contribution is 5.81. The Morgan fingerprint density at radius 1 is 1.07 bits per heavy atom. The first-order valence-electron chi connectivity index (χ1n) is 9.86. The van der Waals surface area contributed by atoms with E-state index >= 15 is 0 Å². The maximum Gasteiger partial charge on any atom is 0.261 e. The Morgan fingerprint density at radius 3 is 2.38 bits per heavy atom. The van der Waals surface area contributed by atoms with Crippen LogP contribution in [0, 0.1) is 13.8 Å². The monoisotopic (exact) mass is 392 g/mol. The van der Waals surface area contributed by atoms with Gasteiger partial charge in [0.25, 0.3) is 5.91 Å². The van der Waals surface area contributed by atoms with Crippen molar-refractivity contribution >= 4 is 5.91 Å². The van der Waals surface area contributed by atoms with E-state index < -0.39 is 12.1 Å². The molecule has 2 aromatic carbocycles. The molecule has 6 nitrogen and oxygen atoms in total. The van der Waals surface area contributed by atoms with Crippen LogP contribution in [0.2, 0.25) is 0 Å². The van der Waals surface area contributed by atoms with Crippen molar-refractivity contribution in [1.82, 2.24) is 20.5 Å². The number of nitrogens with one attached hydrogen (secondary N) is 2. The molecule has 1 heterocycles. The second-order valence-corrected chi connectivity index (χ2v) is 7.56. The topological polar surface area (TPSA) is 79.9 Å². The average Bonchev–Trinajstić information content (AvgIpc) is 3.12. The van der Waals surface area contributed by atoms with Gasteiger partial charge in [0.05, 0.1) is 0 Å². The van der Waals surface area contributed by atoms with Crippen LogP contribution < -0.4 is 10.1 Å². The Hall–Kier alpha value is -3.15. The van der Waals surface area contributed by atoms with Crippen molar-refractivity contribution in [2.24, 2.45) is 0 Å². The van der Waals surface area contributed by atoms with Gasteiger partial charge in [0.1, 0.15) is 17.6 Å². The first-order valence-corrected chi connectivity index (χ1v) is 9.86. The predicted octanol–water partition coefficient (Wildman–Crippen LogP) is 4.22. The molecule has 0 radical (unpaired) electrons. The lowest BCUT2D eigenvalue weighted by molar-refractivity contribution is -0.127. The van der Waals surface area contributed by atoms with E-state index in [1.165, 1.54) is 5.56 Å². The van der Waals surface area contributed by atoms with Gasteiger partial charge in [-0.2, -0.15) is 5.10 Å². The molecule has 0 aliphatic heterocycles. The maximum absolute atomic E-state index is 12.9. The fraction of sp³-hybridized carbons (Fsp3) is 0.348. The summed E-state index contributed by atoms with van der Waals surface area (Å²) >= 11 is 0. The molecule has 2 unspecified atom stereocenters. The lowest BCUT2D eigenvalue weighted by Crippen LogP contribution is -2.39. The molecule has 152 valence electrons. The molecule has 3 rings (SSSR count). The van der Waals surface area contributed by atoms with E-state index in [1.54, 1.807) is 6.92 Å². The normalized spacial score (nSPS) is 13.2. The van der Waals surface area contributed by atoms with E-state index in [4.69, 9.17) is 4.74 Å². The predicted molar refractivity (Wildman–Crippen MR) is 113 cm³/mol. The first kappa shape index (κ1) is 20.6. The zero-order chi connectivity index (χ0) is 21.0. The number of nitrogens with zero attached hydrogens (tertiary/aromatic N) is 2. The average molecular weight is 393 g/mol. The van der Waals surface area contributed by atoms with Crippen LogP contribution in [-0.4, -0.2) is 27.2 Å². The summed E-state index contributed by atoms with van der Waals surface area (Å²) in [5, 5.41) is 10.1. The van der Waals surface area contributed by atoms with Crippen molar-refractivity contribution in [1.29, 1.82) is 0 Å². The second kappa shape index (κ2) is 8.90. The molecule has 0 bridgehead atoms. The minimum atomic E-state index is -0.662. The summed E-state index contributed by atoms with van der Waals surface area (Å²) in [6.07, 6.45) is -0.662. The van der Waals surface area contributed by atoms with Crippen molar-refractivity contribution in [2.45, 2.75) is 52.7 Å². The van der Waals surface area contributed by atoms with Crippen LogP contribution in [0.3, 0.4) is 0 Å². The Labute approximate surface area is 171 Å². The number of ether oxygens (including phenoxy) is 1. The second-order valence-electron chi connectivity index (χ2n) is 7.56. The van der Waals surface area contributed by atoms with E-state index in [9.17, 15) is 4.79 Å². The van der Waals surface area contributed by atoms with Gasteiger partial charge in [0, 0.05) is 0 Å². The van der Waals surface area contributed by atoms with Crippen LogP contribution in [0.1, 0.15) is 61.1 Å². The number of aromatic amines is 1. The number of amides is 1. The molecule has 0 saturated carbocycles. The molecule has 1 amide bonds. The zero-order valence-electron chi connectivity index (χ0n) is 17.6. The Morgan fingerprint density at radius 2 is 1.79 bits per heavy atom. The molecule has 0 saturated heterocycles. The molecule has 1 aromatic heterocycles. The summed E-state index contributed by atoms with van der Waals surface area (Å²) in [4.78, 5) is 17.3. The number of aromatic nitrogens is 3. The van der Waals surface area contributed by atoms with Gasteiger partial charge in [-0.3, -0.25) is 9.89 Å². The van der Waals surface area contributed by atoms with E-state index in [1.807, 2.05) is 49.4 Å². The van der Waals surface area contributed by atoms with Gasteiger partial charge < -0.3 is 10.1 Å². The van der Waals surface area contributed by atoms with Gasteiger partial charge in [0.15, 0.2) is 11.9 Å². The molecular formula is C23H28N4O2. The van der Waals surface area contributed by atoms with E-state index in [0.717, 1.165) is 11.1 Å². The van der Waals surface area contributed by atoms with E-state index in [2.05, 4.69) is 47.3 Å². The lowest BCUT2D eigenvalue weighted by Gasteiger charge is -2.21. The molecule has 0 aliphatic carbocycles. The summed E-state index contributed by atoms with van der Waals surface area (Å²) in [6.45, 7) is 9.95. The number of benzene rings is 2. The summed E-state index contributed by atoms with van der Waals surface area (Å²) in [5.74, 6) is 2.11. The summed E-state index contributed by atoms with van der Waals surface area (Å²) in [5.41, 5.74) is 3.34. The number of carbonyl (C=O) groups excluding carboxylic acids is 1. The van der Waals surface area contributed by atoms with Crippen LogP contribution in [0.15, 0.2) is 48.5 Å². The summed E-state index contributed by atoms with van der Waals surface area (Å²) in [7, 11) is 0. The third-order valence-corrected chi connectivity index (χ3v) is 4.84. The number of H-pyrrole nitrogens is 1. The number of aryl methyl sites for hydroxylation is 2. The summed E-state index contributed by atoms with van der Waals surface area (Å²) < 4.78 is 5.91. The minimum absolute atomic E-state index is 0.230.